The highest BCUT2D eigenvalue weighted by Gasteiger charge is 2.34. The highest BCUT2D eigenvalue weighted by atomic mass is 15.3. The average molecular weight is 292 g/mol. The van der Waals surface area contributed by atoms with E-state index in [1.807, 2.05) is 0 Å². The molecule has 0 bridgehead atoms. The Morgan fingerprint density at radius 1 is 1.00 bits per heavy atom. The number of piperazine rings is 1. The van der Waals surface area contributed by atoms with Gasteiger partial charge in [-0.1, -0.05) is 0 Å². The number of hydrogen-bond donors (Lipinski definition) is 0. The normalized spacial score (nSPS) is 27.4. The maximum absolute atomic E-state index is 7.23. The first-order chi connectivity index (χ1) is 10.0. The fourth-order valence-electron chi connectivity index (χ4n) is 3.94. The van der Waals surface area contributed by atoms with Gasteiger partial charge in [-0.3, -0.25) is 9.80 Å². The van der Waals surface area contributed by atoms with Gasteiger partial charge >= 0.3 is 0 Å². The molecule has 1 atom stereocenters. The van der Waals surface area contributed by atoms with Crippen LogP contribution in [-0.4, -0.2) is 78.1 Å². The lowest BCUT2D eigenvalue weighted by Crippen LogP contribution is -2.60. The number of likely N-dealkylation sites (tertiary alicyclic amines) is 1. The molecule has 0 aromatic carbocycles. The molecule has 0 amide bonds. The quantitative estimate of drug-likeness (QED) is 0.738. The van der Waals surface area contributed by atoms with Gasteiger partial charge in [0.2, 0.25) is 6.54 Å². The molecule has 0 unspecified atom stereocenters. The second-order valence-corrected chi connectivity index (χ2v) is 7.18. The van der Waals surface area contributed by atoms with Gasteiger partial charge in [0.15, 0.2) is 0 Å². The summed E-state index contributed by atoms with van der Waals surface area (Å²) >= 11 is 0. The molecule has 2 aliphatic heterocycles. The molecular weight excluding hydrogens is 260 g/mol. The molecule has 0 saturated carbocycles. The fourth-order valence-corrected chi connectivity index (χ4v) is 3.94. The summed E-state index contributed by atoms with van der Waals surface area (Å²) in [4.78, 5) is 11.5. The third kappa shape index (κ3) is 4.18. The van der Waals surface area contributed by atoms with Crippen LogP contribution >= 0.6 is 0 Å². The maximum Gasteiger partial charge on any atom is 0.231 e. The Balaban J connectivity index is 1.89. The second kappa shape index (κ2) is 7.58. The van der Waals surface area contributed by atoms with Crippen molar-refractivity contribution in [1.29, 1.82) is 0 Å². The van der Waals surface area contributed by atoms with Gasteiger partial charge in [0.25, 0.3) is 0 Å². The van der Waals surface area contributed by atoms with Crippen molar-refractivity contribution in [1.82, 2.24) is 14.7 Å². The Labute approximate surface area is 130 Å². The van der Waals surface area contributed by atoms with Crippen LogP contribution in [0.2, 0.25) is 0 Å². The van der Waals surface area contributed by atoms with Crippen LogP contribution in [0.1, 0.15) is 40.5 Å². The molecule has 2 fully saturated rings. The summed E-state index contributed by atoms with van der Waals surface area (Å²) in [7, 11) is 0. The van der Waals surface area contributed by atoms with E-state index in [1.54, 1.807) is 0 Å². The monoisotopic (exact) mass is 292 g/mol. The molecule has 21 heavy (non-hydrogen) atoms. The van der Waals surface area contributed by atoms with Gasteiger partial charge in [-0.05, 0) is 53.6 Å². The molecule has 0 aliphatic carbocycles. The SMILES string of the molecule is [C-]#[N+]C[C@H]1CN(C2CCN(C(C)C)CC2)CCN1C(C)C. The summed E-state index contributed by atoms with van der Waals surface area (Å²) in [5.74, 6) is 0. The summed E-state index contributed by atoms with van der Waals surface area (Å²) in [5, 5.41) is 0. The largest absolute Gasteiger partial charge is 0.315 e. The molecule has 4 heteroatoms. The molecule has 0 aromatic heterocycles. The summed E-state index contributed by atoms with van der Waals surface area (Å²) in [6, 6.07) is 2.40. The number of piperidine rings is 1. The van der Waals surface area contributed by atoms with E-state index in [-0.39, 0.29) is 0 Å². The summed E-state index contributed by atoms with van der Waals surface area (Å²) in [6.07, 6.45) is 2.59. The average Bonchev–Trinajstić information content (AvgIpc) is 2.47. The lowest BCUT2D eigenvalue weighted by molar-refractivity contribution is 0.0130. The van der Waals surface area contributed by atoms with Gasteiger partial charge in [0.1, 0.15) is 0 Å². The van der Waals surface area contributed by atoms with Crippen LogP contribution in [0.4, 0.5) is 0 Å². The van der Waals surface area contributed by atoms with E-state index in [1.165, 1.54) is 32.5 Å². The minimum atomic E-state index is 0.430. The summed E-state index contributed by atoms with van der Waals surface area (Å²) < 4.78 is 0. The lowest BCUT2D eigenvalue weighted by Gasteiger charge is -2.46. The Bertz CT molecular complexity index is 352. The first kappa shape index (κ1) is 16.7. The van der Waals surface area contributed by atoms with E-state index in [2.05, 4.69) is 47.2 Å². The van der Waals surface area contributed by atoms with E-state index >= 15 is 0 Å². The second-order valence-electron chi connectivity index (χ2n) is 7.18. The maximum atomic E-state index is 7.23. The van der Waals surface area contributed by atoms with Gasteiger partial charge in [0.05, 0.1) is 6.04 Å². The molecule has 0 N–H and O–H groups in total. The Morgan fingerprint density at radius 3 is 2.19 bits per heavy atom. The van der Waals surface area contributed by atoms with Crippen LogP contribution in [0.5, 0.6) is 0 Å². The summed E-state index contributed by atoms with van der Waals surface area (Å²) in [5.41, 5.74) is 0. The lowest BCUT2D eigenvalue weighted by atomic mass is 9.99. The molecule has 2 heterocycles. The number of hydrogen-bond acceptors (Lipinski definition) is 3. The predicted octanol–water partition coefficient (Wildman–Crippen LogP) is 2.17. The minimum Gasteiger partial charge on any atom is -0.315 e. The van der Waals surface area contributed by atoms with Crippen molar-refractivity contribution >= 4 is 0 Å². The standard InChI is InChI=1S/C17H32N4/c1-14(2)19-8-6-16(7-9-19)20-10-11-21(15(3)4)17(13-20)12-18-5/h14-17H,6-13H2,1-4H3/t17-/m0/s1. The smallest absolute Gasteiger partial charge is 0.231 e. The van der Waals surface area contributed by atoms with Crippen LogP contribution in [0.3, 0.4) is 0 Å². The van der Waals surface area contributed by atoms with E-state index in [0.717, 1.165) is 19.1 Å². The highest BCUT2D eigenvalue weighted by Crippen LogP contribution is 2.22. The van der Waals surface area contributed by atoms with Crippen molar-refractivity contribution in [3.8, 4) is 0 Å². The Kier molecular flexibility index (Phi) is 6.04. The molecule has 0 aromatic rings. The first-order valence-corrected chi connectivity index (χ1v) is 8.60. The molecule has 2 saturated heterocycles. The van der Waals surface area contributed by atoms with Gasteiger partial charge < -0.3 is 9.74 Å². The van der Waals surface area contributed by atoms with Gasteiger partial charge in [-0.15, -0.1) is 0 Å². The number of rotatable bonds is 4. The van der Waals surface area contributed by atoms with Crippen LogP contribution in [0, 0.1) is 6.57 Å². The zero-order valence-electron chi connectivity index (χ0n) is 14.3. The zero-order valence-corrected chi connectivity index (χ0v) is 14.3. The van der Waals surface area contributed by atoms with Crippen molar-refractivity contribution in [2.75, 3.05) is 39.3 Å². The van der Waals surface area contributed by atoms with Gasteiger partial charge in [0, 0.05) is 37.8 Å². The van der Waals surface area contributed by atoms with Gasteiger partial charge in [-0.2, -0.15) is 0 Å². The fraction of sp³-hybridized carbons (Fsp3) is 0.941. The molecule has 0 spiro atoms. The van der Waals surface area contributed by atoms with Gasteiger partial charge in [-0.25, -0.2) is 6.57 Å². The van der Waals surface area contributed by atoms with E-state index in [4.69, 9.17) is 6.57 Å². The first-order valence-electron chi connectivity index (χ1n) is 8.60. The molecular formula is C17H32N4. The molecule has 4 nitrogen and oxygen atoms in total. The van der Waals surface area contributed by atoms with E-state index in [9.17, 15) is 0 Å². The number of nitrogens with zero attached hydrogens (tertiary/aromatic N) is 4. The van der Waals surface area contributed by atoms with Crippen molar-refractivity contribution in [3.63, 3.8) is 0 Å². The zero-order chi connectivity index (χ0) is 15.4. The van der Waals surface area contributed by atoms with Crippen LogP contribution in [-0.2, 0) is 0 Å². The van der Waals surface area contributed by atoms with E-state index in [0.29, 0.717) is 24.7 Å². The molecule has 0 radical (unpaired) electrons. The Morgan fingerprint density at radius 2 is 1.67 bits per heavy atom. The predicted molar refractivity (Wildman–Crippen MR) is 88.4 cm³/mol. The van der Waals surface area contributed by atoms with Crippen LogP contribution < -0.4 is 0 Å². The minimum absolute atomic E-state index is 0.430. The van der Waals surface area contributed by atoms with Crippen LogP contribution in [0.15, 0.2) is 0 Å². The van der Waals surface area contributed by atoms with Crippen molar-refractivity contribution in [3.05, 3.63) is 11.4 Å². The van der Waals surface area contributed by atoms with Crippen molar-refractivity contribution in [2.45, 2.75) is 64.7 Å². The molecule has 120 valence electrons. The highest BCUT2D eigenvalue weighted by molar-refractivity contribution is 4.92. The summed E-state index contributed by atoms with van der Waals surface area (Å²) in [6.45, 7) is 22.9. The molecule has 2 aliphatic rings. The third-order valence-electron chi connectivity index (χ3n) is 5.27. The molecule has 2 rings (SSSR count). The van der Waals surface area contributed by atoms with Crippen molar-refractivity contribution < 1.29 is 0 Å². The topological polar surface area (TPSA) is 14.1 Å². The Hall–Kier alpha value is -0.630. The van der Waals surface area contributed by atoms with E-state index < -0.39 is 0 Å². The van der Waals surface area contributed by atoms with Crippen LogP contribution in [0.25, 0.3) is 4.85 Å². The third-order valence-corrected chi connectivity index (χ3v) is 5.27. The van der Waals surface area contributed by atoms with Crippen molar-refractivity contribution in [2.24, 2.45) is 0 Å².